The molecule has 0 saturated carbocycles. The third-order valence-electron chi connectivity index (χ3n) is 4.23. The number of hydrogen-bond donors (Lipinski definition) is 0. The predicted octanol–water partition coefficient (Wildman–Crippen LogP) is 2.07. The van der Waals surface area contributed by atoms with Gasteiger partial charge in [0.05, 0.1) is 38.8 Å². The van der Waals surface area contributed by atoms with Gasteiger partial charge in [0, 0.05) is 17.4 Å². The highest BCUT2D eigenvalue weighted by atomic mass is 79.9. The summed E-state index contributed by atoms with van der Waals surface area (Å²) in [5.74, 6) is -3.66. The number of hydrogen-bond acceptors (Lipinski definition) is 7. The molecule has 0 saturated heterocycles. The molecule has 1 aromatic rings. The quantitative estimate of drug-likeness (QED) is 0.413. The van der Waals surface area contributed by atoms with Crippen molar-refractivity contribution < 1.29 is 33.3 Å². The van der Waals surface area contributed by atoms with Crippen molar-refractivity contribution in [2.24, 2.45) is 11.8 Å². The third-order valence-corrected chi connectivity index (χ3v) is 4.86. The molecule has 7 nitrogen and oxygen atoms in total. The second-order valence-electron chi connectivity index (χ2n) is 5.56. The molecule has 2 unspecified atom stereocenters. The van der Waals surface area contributed by atoms with Crippen molar-refractivity contribution in [2.45, 2.75) is 12.3 Å². The van der Waals surface area contributed by atoms with Gasteiger partial charge in [0.15, 0.2) is 5.92 Å². The number of ether oxygens (including phenoxy) is 4. The van der Waals surface area contributed by atoms with Crippen LogP contribution in [-0.2, 0) is 28.6 Å². The Morgan fingerprint density at radius 3 is 2.36 bits per heavy atom. The zero-order valence-corrected chi connectivity index (χ0v) is 15.7. The smallest absolute Gasteiger partial charge is 0.320 e. The molecule has 0 radical (unpaired) electrons. The number of fused-ring (bicyclic) bond motifs is 1. The second-order valence-corrected chi connectivity index (χ2v) is 6.41. The van der Waals surface area contributed by atoms with Crippen LogP contribution in [-0.4, -0.2) is 45.8 Å². The normalized spacial score (nSPS) is 18.8. The Morgan fingerprint density at radius 2 is 1.80 bits per heavy atom. The van der Waals surface area contributed by atoms with E-state index < -0.39 is 35.7 Å². The fourth-order valence-corrected chi connectivity index (χ4v) is 3.56. The number of esters is 3. The van der Waals surface area contributed by atoms with Crippen molar-refractivity contribution in [2.75, 3.05) is 27.9 Å². The van der Waals surface area contributed by atoms with E-state index in [-0.39, 0.29) is 13.0 Å². The highest BCUT2D eigenvalue weighted by molar-refractivity contribution is 9.10. The minimum Gasteiger partial charge on any atom is -0.492 e. The highest BCUT2D eigenvalue weighted by Crippen LogP contribution is 2.46. The summed E-state index contributed by atoms with van der Waals surface area (Å²) in [5, 5.41) is 0. The molecular weight excluding hydrogens is 396 g/mol. The van der Waals surface area contributed by atoms with E-state index in [2.05, 4.69) is 15.9 Å². The number of methoxy groups -OCH3 is 3. The lowest BCUT2D eigenvalue weighted by Crippen LogP contribution is -2.40. The summed E-state index contributed by atoms with van der Waals surface area (Å²) >= 11 is 3.40. The lowest BCUT2D eigenvalue weighted by molar-refractivity contribution is -0.162. The van der Waals surface area contributed by atoms with E-state index in [0.717, 1.165) is 0 Å². The zero-order valence-electron chi connectivity index (χ0n) is 14.1. The largest absolute Gasteiger partial charge is 0.492 e. The van der Waals surface area contributed by atoms with Crippen LogP contribution in [0.15, 0.2) is 22.7 Å². The molecular formula is C17H19BrO7. The van der Waals surface area contributed by atoms with Crippen LogP contribution in [0.2, 0.25) is 0 Å². The Balaban J connectivity index is 2.55. The molecule has 0 spiro atoms. The number of carbonyl (C=O) groups excluding carboxylic acids is 3. The summed E-state index contributed by atoms with van der Waals surface area (Å²) in [6.45, 7) is 0.153. The first-order valence-corrected chi connectivity index (χ1v) is 8.37. The van der Waals surface area contributed by atoms with Crippen molar-refractivity contribution in [3.63, 3.8) is 0 Å². The lowest BCUT2D eigenvalue weighted by Gasteiger charge is -2.36. The SMILES string of the molecule is COC(=O)CC1COc2c(Br)cccc2C1C(C(=O)OC)C(=O)OC. The van der Waals surface area contributed by atoms with Crippen LogP contribution in [0.4, 0.5) is 0 Å². The minimum atomic E-state index is -1.21. The van der Waals surface area contributed by atoms with Gasteiger partial charge >= 0.3 is 17.9 Å². The Morgan fingerprint density at radius 1 is 1.16 bits per heavy atom. The number of para-hydroxylation sites is 1. The van der Waals surface area contributed by atoms with E-state index in [1.165, 1.54) is 21.3 Å². The van der Waals surface area contributed by atoms with Crippen molar-refractivity contribution in [1.82, 2.24) is 0 Å². The van der Waals surface area contributed by atoms with Crippen LogP contribution >= 0.6 is 15.9 Å². The molecule has 0 aromatic heterocycles. The molecule has 8 heteroatoms. The Kier molecular flexibility index (Phi) is 6.41. The highest BCUT2D eigenvalue weighted by Gasteiger charge is 2.46. The topological polar surface area (TPSA) is 88.1 Å². The Labute approximate surface area is 153 Å². The fourth-order valence-electron chi connectivity index (χ4n) is 3.07. The molecule has 2 rings (SSSR count). The molecule has 1 heterocycles. The number of rotatable bonds is 5. The Bertz CT molecular complexity index is 657. The predicted molar refractivity (Wildman–Crippen MR) is 90.0 cm³/mol. The summed E-state index contributed by atoms with van der Waals surface area (Å²) in [7, 11) is 3.69. The molecule has 0 fully saturated rings. The van der Waals surface area contributed by atoms with Gasteiger partial charge in [-0.05, 0) is 22.0 Å². The van der Waals surface area contributed by atoms with Gasteiger partial charge in [0.2, 0.25) is 0 Å². The maximum atomic E-state index is 12.3. The summed E-state index contributed by atoms with van der Waals surface area (Å²) in [4.78, 5) is 36.4. The van der Waals surface area contributed by atoms with Gasteiger partial charge in [0.25, 0.3) is 0 Å². The Hall–Kier alpha value is -2.09. The second kappa shape index (κ2) is 8.33. The van der Waals surface area contributed by atoms with Gasteiger partial charge in [-0.25, -0.2) is 0 Å². The van der Waals surface area contributed by atoms with E-state index in [1.54, 1.807) is 18.2 Å². The fraction of sp³-hybridized carbons (Fsp3) is 0.471. The van der Waals surface area contributed by atoms with Gasteiger partial charge in [-0.3, -0.25) is 14.4 Å². The van der Waals surface area contributed by atoms with Crippen molar-refractivity contribution >= 4 is 33.8 Å². The van der Waals surface area contributed by atoms with E-state index >= 15 is 0 Å². The summed E-state index contributed by atoms with van der Waals surface area (Å²) in [6, 6.07) is 5.32. The van der Waals surface area contributed by atoms with Crippen molar-refractivity contribution in [3.05, 3.63) is 28.2 Å². The zero-order chi connectivity index (χ0) is 18.6. The first-order valence-electron chi connectivity index (χ1n) is 7.58. The molecule has 2 atom stereocenters. The van der Waals surface area contributed by atoms with Gasteiger partial charge in [-0.15, -0.1) is 0 Å². The van der Waals surface area contributed by atoms with Crippen LogP contribution in [0.25, 0.3) is 0 Å². The van der Waals surface area contributed by atoms with E-state index in [0.29, 0.717) is 15.8 Å². The molecule has 136 valence electrons. The number of carbonyl (C=O) groups is 3. The summed E-state index contributed by atoms with van der Waals surface area (Å²) in [6.07, 6.45) is -0.00237. The first-order chi connectivity index (χ1) is 11.9. The standard InChI is InChI=1S/C17H19BrO7/c1-22-12(19)7-9-8-25-15-10(5-4-6-11(15)18)13(9)14(16(20)23-2)17(21)24-3/h4-6,9,13-14H,7-8H2,1-3H3. The monoisotopic (exact) mass is 414 g/mol. The van der Waals surface area contributed by atoms with Gasteiger partial charge < -0.3 is 18.9 Å². The minimum absolute atomic E-state index is 0.00237. The molecule has 1 aliphatic heterocycles. The molecule has 1 aliphatic rings. The molecule has 0 bridgehead atoms. The van der Waals surface area contributed by atoms with Crippen LogP contribution in [0.3, 0.4) is 0 Å². The molecule has 0 amide bonds. The van der Waals surface area contributed by atoms with Gasteiger partial charge in [-0.2, -0.15) is 0 Å². The average molecular weight is 415 g/mol. The summed E-state index contributed by atoms with van der Waals surface area (Å²) in [5.41, 5.74) is 0.635. The molecule has 0 aliphatic carbocycles. The van der Waals surface area contributed by atoms with Gasteiger partial charge in [-0.1, -0.05) is 12.1 Å². The van der Waals surface area contributed by atoms with Crippen molar-refractivity contribution in [3.8, 4) is 5.75 Å². The summed E-state index contributed by atoms with van der Waals surface area (Å²) < 4.78 is 20.8. The third kappa shape index (κ3) is 3.95. The van der Waals surface area contributed by atoms with Crippen LogP contribution in [0.1, 0.15) is 17.9 Å². The van der Waals surface area contributed by atoms with E-state index in [1.807, 2.05) is 0 Å². The molecule has 0 N–H and O–H groups in total. The van der Waals surface area contributed by atoms with Crippen molar-refractivity contribution in [1.29, 1.82) is 0 Å². The number of benzene rings is 1. The average Bonchev–Trinajstić information content (AvgIpc) is 2.62. The maximum Gasteiger partial charge on any atom is 0.320 e. The number of halogens is 1. The van der Waals surface area contributed by atoms with Crippen LogP contribution in [0, 0.1) is 11.8 Å². The molecule has 25 heavy (non-hydrogen) atoms. The lowest BCUT2D eigenvalue weighted by atomic mass is 9.74. The van der Waals surface area contributed by atoms with Crippen LogP contribution in [0.5, 0.6) is 5.75 Å². The maximum absolute atomic E-state index is 12.3. The van der Waals surface area contributed by atoms with Gasteiger partial charge in [0.1, 0.15) is 5.75 Å². The molecule has 1 aromatic carbocycles. The first kappa shape index (κ1) is 19.2. The van der Waals surface area contributed by atoms with Crippen LogP contribution < -0.4 is 4.74 Å². The van der Waals surface area contributed by atoms with E-state index in [9.17, 15) is 14.4 Å². The van der Waals surface area contributed by atoms with E-state index in [4.69, 9.17) is 18.9 Å².